The number of unbranched alkanes of at least 4 members (excludes halogenated alkanes) is 24. The van der Waals surface area contributed by atoms with Crippen LogP contribution >= 0.6 is 0 Å². The molecule has 0 aliphatic carbocycles. The topological polar surface area (TPSA) is 117 Å². The summed E-state index contributed by atoms with van der Waals surface area (Å²) in [6.45, 7) is 18.4. The van der Waals surface area contributed by atoms with Crippen molar-refractivity contribution in [2.24, 2.45) is 11.8 Å². The summed E-state index contributed by atoms with van der Waals surface area (Å²) >= 11 is 0. The Labute approximate surface area is 395 Å². The predicted molar refractivity (Wildman–Crippen MR) is 267 cm³/mol. The third-order valence-electron chi connectivity index (χ3n) is 13.2. The zero-order valence-electron chi connectivity index (χ0n) is 42.9. The Bertz CT molecular complexity index is 1050. The number of esters is 2. The lowest BCUT2D eigenvalue weighted by atomic mass is 10.0. The van der Waals surface area contributed by atoms with Gasteiger partial charge in [-0.25, -0.2) is 0 Å². The molecule has 1 aliphatic rings. The molecule has 10 nitrogen and oxygen atoms in total. The van der Waals surface area contributed by atoms with Crippen molar-refractivity contribution in [1.29, 1.82) is 0 Å². The number of carbonyl (C=O) groups excluding carboxylic acids is 4. The van der Waals surface area contributed by atoms with Crippen LogP contribution in [0.5, 0.6) is 0 Å². The summed E-state index contributed by atoms with van der Waals surface area (Å²) in [7, 11) is 0. The molecule has 1 rings (SSSR count). The zero-order chi connectivity index (χ0) is 46.9. The van der Waals surface area contributed by atoms with E-state index in [-0.39, 0.29) is 38.0 Å². The van der Waals surface area contributed by atoms with Gasteiger partial charge in [0.05, 0.1) is 12.8 Å². The first-order valence-corrected chi connectivity index (χ1v) is 27.5. The van der Waals surface area contributed by atoms with Gasteiger partial charge in [0, 0.05) is 26.2 Å². The summed E-state index contributed by atoms with van der Waals surface area (Å²) in [4.78, 5) is 56.7. The van der Waals surface area contributed by atoms with Gasteiger partial charge in [0.25, 0.3) is 0 Å². The minimum atomic E-state index is -0.975. The molecule has 0 saturated carbocycles. The Morgan fingerprint density at radius 1 is 0.438 bits per heavy atom. The summed E-state index contributed by atoms with van der Waals surface area (Å²) in [5, 5.41) is 5.38. The Hall–Kier alpha value is -2.20. The highest BCUT2D eigenvalue weighted by Crippen LogP contribution is 2.17. The molecular weight excluding hydrogens is 801 g/mol. The van der Waals surface area contributed by atoms with Crippen molar-refractivity contribution in [3.05, 3.63) is 0 Å². The van der Waals surface area contributed by atoms with Gasteiger partial charge in [-0.1, -0.05) is 208 Å². The molecule has 2 N–H and O–H groups in total. The number of nitrogens with zero attached hydrogens (tertiary/aromatic N) is 2. The Kier molecular flexibility index (Phi) is 39.4. The van der Waals surface area contributed by atoms with Crippen LogP contribution in [0.25, 0.3) is 0 Å². The number of hydrogen-bond acceptors (Lipinski definition) is 8. The molecule has 0 bridgehead atoms. The highest BCUT2D eigenvalue weighted by Gasteiger charge is 2.35. The zero-order valence-corrected chi connectivity index (χ0v) is 42.9. The fraction of sp³-hybridized carbons (Fsp3) is 0.926. The molecule has 1 heterocycles. The van der Waals surface area contributed by atoms with Crippen molar-refractivity contribution in [3.8, 4) is 0 Å². The summed E-state index contributed by atoms with van der Waals surface area (Å²) in [6, 6.07) is -1.95. The van der Waals surface area contributed by atoms with Crippen LogP contribution in [0.2, 0.25) is 0 Å². The van der Waals surface area contributed by atoms with Crippen molar-refractivity contribution < 1.29 is 28.7 Å². The Morgan fingerprint density at radius 2 is 0.719 bits per heavy atom. The maximum absolute atomic E-state index is 13.0. The molecular formula is C54H104N4O6. The van der Waals surface area contributed by atoms with Gasteiger partial charge in [-0.15, -0.1) is 0 Å². The molecule has 0 aromatic rings. The second kappa shape index (κ2) is 42.2. The van der Waals surface area contributed by atoms with Gasteiger partial charge in [-0.2, -0.15) is 0 Å². The van der Waals surface area contributed by atoms with Gasteiger partial charge in [0.1, 0.15) is 25.3 Å². The van der Waals surface area contributed by atoms with Gasteiger partial charge in [-0.05, 0) is 50.6 Å². The molecule has 2 amide bonds. The number of nitrogens with one attached hydrogen (secondary N) is 2. The van der Waals surface area contributed by atoms with E-state index in [0.717, 1.165) is 39.0 Å². The minimum Gasteiger partial charge on any atom is -0.463 e. The second-order valence-corrected chi connectivity index (χ2v) is 19.9. The third kappa shape index (κ3) is 34.2. The van der Waals surface area contributed by atoms with Crippen LogP contribution in [0, 0.1) is 11.8 Å². The number of carbonyl (C=O) groups is 4. The van der Waals surface area contributed by atoms with Crippen LogP contribution in [0.3, 0.4) is 0 Å². The minimum absolute atomic E-state index is 0.221. The first kappa shape index (κ1) is 59.8. The number of rotatable bonds is 46. The largest absolute Gasteiger partial charge is 0.463 e. The fourth-order valence-electron chi connectivity index (χ4n) is 9.04. The van der Waals surface area contributed by atoms with E-state index in [1.54, 1.807) is 0 Å². The molecule has 376 valence electrons. The van der Waals surface area contributed by atoms with E-state index in [9.17, 15) is 19.2 Å². The van der Waals surface area contributed by atoms with Crippen molar-refractivity contribution in [3.63, 3.8) is 0 Å². The molecule has 0 spiro atoms. The highest BCUT2D eigenvalue weighted by molar-refractivity contribution is 5.97. The van der Waals surface area contributed by atoms with Gasteiger partial charge in [-0.3, -0.25) is 19.2 Å². The van der Waals surface area contributed by atoms with Gasteiger partial charge >= 0.3 is 11.9 Å². The molecule has 1 saturated heterocycles. The van der Waals surface area contributed by atoms with E-state index < -0.39 is 23.9 Å². The molecule has 4 unspecified atom stereocenters. The maximum atomic E-state index is 13.0. The van der Waals surface area contributed by atoms with E-state index in [1.165, 1.54) is 180 Å². The van der Waals surface area contributed by atoms with Crippen molar-refractivity contribution in [2.75, 3.05) is 52.5 Å². The van der Waals surface area contributed by atoms with E-state index in [1.807, 2.05) is 0 Å². The van der Waals surface area contributed by atoms with Crippen molar-refractivity contribution in [2.45, 2.75) is 259 Å². The third-order valence-corrected chi connectivity index (χ3v) is 13.2. The number of amides is 2. The average molecular weight is 905 g/mol. The Morgan fingerprint density at radius 3 is 1.03 bits per heavy atom. The second-order valence-electron chi connectivity index (χ2n) is 19.9. The first-order valence-electron chi connectivity index (χ1n) is 27.5. The lowest BCUT2D eigenvalue weighted by Crippen LogP contribution is -2.64. The maximum Gasteiger partial charge on any atom is 0.307 e. The molecule has 64 heavy (non-hydrogen) atoms. The number of hydrogen-bond donors (Lipinski definition) is 2. The molecule has 1 fully saturated rings. The molecule has 1 aliphatic heterocycles. The van der Waals surface area contributed by atoms with Crippen molar-refractivity contribution in [1.82, 2.24) is 20.4 Å². The summed E-state index contributed by atoms with van der Waals surface area (Å²) in [5.41, 5.74) is 0. The SMILES string of the molecule is CCCCCCCCCCN(CCC(=O)OCC1NC(=O)C(COC(=O)CCN(CCCCCCCCCC)CC(C)CCCCCCCC)NC1=O)CC(C)CCCCCCCC. The van der Waals surface area contributed by atoms with Gasteiger partial charge in [0.15, 0.2) is 0 Å². The monoisotopic (exact) mass is 905 g/mol. The van der Waals surface area contributed by atoms with E-state index in [0.29, 0.717) is 24.9 Å². The van der Waals surface area contributed by atoms with Gasteiger partial charge in [0.2, 0.25) is 11.8 Å². The summed E-state index contributed by atoms with van der Waals surface area (Å²) < 4.78 is 11.1. The highest BCUT2D eigenvalue weighted by atomic mass is 16.5. The standard InChI is InChI=1S/C54H104N4O6/c1-7-11-15-19-23-25-29-33-39-57(43-47(5)35-31-27-21-17-13-9-3)41-37-51(59)63-45-49-53(61)56-50(54(62)55-49)46-64-52(60)38-42-58(40-34-30-26-24-20-16-12-8-2)44-48(6)36-32-28-22-18-14-10-4/h47-50H,7-46H2,1-6H3,(H,55,62)(H,56,61). The van der Waals surface area contributed by atoms with Crippen LogP contribution in [0.15, 0.2) is 0 Å². The van der Waals surface area contributed by atoms with Crippen LogP contribution < -0.4 is 10.6 Å². The van der Waals surface area contributed by atoms with Crippen LogP contribution in [0.4, 0.5) is 0 Å². The van der Waals surface area contributed by atoms with Crippen LogP contribution in [-0.2, 0) is 28.7 Å². The lowest BCUT2D eigenvalue weighted by Gasteiger charge is -2.29. The normalized spacial score (nSPS) is 16.2. The number of ether oxygens (including phenoxy) is 2. The predicted octanol–water partition coefficient (Wildman–Crippen LogP) is 12.5. The van der Waals surface area contributed by atoms with Crippen LogP contribution in [-0.4, -0.2) is 98.1 Å². The van der Waals surface area contributed by atoms with E-state index in [4.69, 9.17) is 9.47 Å². The molecule has 10 heteroatoms. The molecule has 0 radical (unpaired) electrons. The van der Waals surface area contributed by atoms with Crippen molar-refractivity contribution >= 4 is 23.8 Å². The fourth-order valence-corrected chi connectivity index (χ4v) is 9.04. The summed E-state index contributed by atoms with van der Waals surface area (Å²) in [5.74, 6) is -0.477. The average Bonchev–Trinajstić information content (AvgIpc) is 3.28. The summed E-state index contributed by atoms with van der Waals surface area (Å²) in [6.07, 6.45) is 38.8. The first-order chi connectivity index (χ1) is 31.1. The molecule has 0 aromatic heterocycles. The van der Waals surface area contributed by atoms with Gasteiger partial charge < -0.3 is 29.9 Å². The Balaban J connectivity index is 2.54. The van der Waals surface area contributed by atoms with E-state index >= 15 is 0 Å². The molecule has 0 aromatic carbocycles. The number of piperazine rings is 1. The lowest BCUT2D eigenvalue weighted by molar-refractivity contribution is -0.152. The van der Waals surface area contributed by atoms with E-state index in [2.05, 4.69) is 62.0 Å². The molecule has 4 atom stereocenters. The quantitative estimate of drug-likeness (QED) is 0.0458. The smallest absolute Gasteiger partial charge is 0.307 e. The van der Waals surface area contributed by atoms with Crippen LogP contribution in [0.1, 0.15) is 247 Å².